The lowest BCUT2D eigenvalue weighted by atomic mass is 9.97. The number of pyridine rings is 1. The molecule has 2 amide bonds. The number of anilines is 2. The van der Waals surface area contributed by atoms with Crippen molar-refractivity contribution >= 4 is 23.2 Å². The molecule has 0 fully saturated rings. The smallest absolute Gasteiger partial charge is 0.256 e. The maximum atomic E-state index is 13.4. The molecule has 3 aromatic carbocycles. The molecule has 1 N–H and O–H groups in total. The second-order valence-electron chi connectivity index (χ2n) is 10.6. The van der Waals surface area contributed by atoms with Gasteiger partial charge < -0.3 is 14.8 Å². The van der Waals surface area contributed by atoms with Crippen LogP contribution in [0.3, 0.4) is 0 Å². The van der Waals surface area contributed by atoms with Crippen LogP contribution in [-0.2, 0) is 17.6 Å². The highest BCUT2D eigenvalue weighted by atomic mass is 16.2. The molecule has 0 spiro atoms. The third-order valence-corrected chi connectivity index (χ3v) is 7.66. The minimum absolute atomic E-state index is 0.0124. The highest BCUT2D eigenvalue weighted by Gasteiger charge is 2.26. The molecule has 0 aliphatic carbocycles. The number of aromatic nitrogens is 2. The molecule has 6 rings (SSSR count). The van der Waals surface area contributed by atoms with Crippen molar-refractivity contribution in [1.29, 1.82) is 0 Å². The Bertz CT molecular complexity index is 1750. The Hall–Kier alpha value is -4.97. The van der Waals surface area contributed by atoms with E-state index in [1.807, 2.05) is 111 Å². The lowest BCUT2D eigenvalue weighted by Crippen LogP contribution is -2.30. The number of nitrogens with zero attached hydrogens (tertiary/aromatic N) is 3. The van der Waals surface area contributed by atoms with Gasteiger partial charge >= 0.3 is 0 Å². The second-order valence-corrected chi connectivity index (χ2v) is 10.6. The molecule has 0 bridgehead atoms. The molecule has 3 heterocycles. The molecule has 41 heavy (non-hydrogen) atoms. The third kappa shape index (κ3) is 5.29. The van der Waals surface area contributed by atoms with Crippen molar-refractivity contribution in [2.45, 2.75) is 33.6 Å². The Morgan fingerprint density at radius 2 is 1.61 bits per heavy atom. The van der Waals surface area contributed by atoms with E-state index >= 15 is 0 Å². The standard InChI is InChI=1S/C35H32N4O2/c1-23-12-16-30(26-8-5-4-6-9-26)31(20-23)35(41)37-29-15-17-32-27(21-29)18-19-38(32)34(40)22-28-10-7-11-33(36-28)39-24(2)13-14-25(39)3/h4-17,20-21H,18-19,22H2,1-3H3,(H,37,41). The number of aryl methyl sites for hydroxylation is 3. The lowest BCUT2D eigenvalue weighted by molar-refractivity contribution is -0.117. The van der Waals surface area contributed by atoms with Gasteiger partial charge in [-0.25, -0.2) is 4.98 Å². The maximum Gasteiger partial charge on any atom is 0.256 e. The second kappa shape index (κ2) is 10.9. The van der Waals surface area contributed by atoms with E-state index in [-0.39, 0.29) is 18.2 Å². The largest absolute Gasteiger partial charge is 0.322 e. The zero-order valence-electron chi connectivity index (χ0n) is 23.5. The third-order valence-electron chi connectivity index (χ3n) is 7.66. The van der Waals surface area contributed by atoms with Crippen LogP contribution in [0.4, 0.5) is 11.4 Å². The number of carbonyl (C=O) groups excluding carboxylic acids is 2. The Morgan fingerprint density at radius 1 is 0.829 bits per heavy atom. The Balaban J connectivity index is 1.18. The molecule has 0 unspecified atom stereocenters. The van der Waals surface area contributed by atoms with Gasteiger partial charge in [0.15, 0.2) is 0 Å². The van der Waals surface area contributed by atoms with Gasteiger partial charge in [0.2, 0.25) is 5.91 Å². The number of fused-ring (bicyclic) bond motifs is 1. The summed E-state index contributed by atoms with van der Waals surface area (Å²) in [5.41, 5.74) is 9.16. The van der Waals surface area contributed by atoms with Crippen molar-refractivity contribution in [3.05, 3.63) is 131 Å². The molecule has 6 nitrogen and oxygen atoms in total. The van der Waals surface area contributed by atoms with E-state index in [9.17, 15) is 9.59 Å². The Labute approximate surface area is 240 Å². The van der Waals surface area contributed by atoms with Crippen LogP contribution in [0.1, 0.15) is 38.6 Å². The topological polar surface area (TPSA) is 67.2 Å². The average Bonchev–Trinajstić information content (AvgIpc) is 3.55. The summed E-state index contributed by atoms with van der Waals surface area (Å²) in [6.45, 7) is 6.69. The summed E-state index contributed by atoms with van der Waals surface area (Å²) in [4.78, 5) is 33.4. The first kappa shape index (κ1) is 26.3. The van der Waals surface area contributed by atoms with Gasteiger partial charge in [0, 0.05) is 34.9 Å². The minimum atomic E-state index is -0.155. The first-order valence-corrected chi connectivity index (χ1v) is 13.9. The van der Waals surface area contributed by atoms with Crippen molar-refractivity contribution < 1.29 is 9.59 Å². The molecule has 5 aromatic rings. The predicted octanol–water partition coefficient (Wildman–Crippen LogP) is 6.85. The van der Waals surface area contributed by atoms with E-state index in [0.29, 0.717) is 12.1 Å². The van der Waals surface area contributed by atoms with E-state index in [1.54, 1.807) is 0 Å². The zero-order valence-corrected chi connectivity index (χ0v) is 23.5. The number of nitrogens with one attached hydrogen (secondary N) is 1. The van der Waals surface area contributed by atoms with Gasteiger partial charge in [-0.2, -0.15) is 0 Å². The summed E-state index contributed by atoms with van der Waals surface area (Å²) < 4.78 is 2.09. The monoisotopic (exact) mass is 540 g/mol. The van der Waals surface area contributed by atoms with Gasteiger partial charge in [-0.05, 0) is 92.4 Å². The number of hydrogen-bond donors (Lipinski definition) is 1. The highest BCUT2D eigenvalue weighted by Crippen LogP contribution is 2.32. The molecular formula is C35H32N4O2. The fourth-order valence-electron chi connectivity index (χ4n) is 5.62. The van der Waals surface area contributed by atoms with E-state index in [4.69, 9.17) is 4.98 Å². The van der Waals surface area contributed by atoms with Gasteiger partial charge in [-0.15, -0.1) is 0 Å². The molecule has 2 aromatic heterocycles. The molecule has 0 saturated carbocycles. The summed E-state index contributed by atoms with van der Waals surface area (Å²) in [7, 11) is 0. The number of hydrogen-bond acceptors (Lipinski definition) is 3. The average molecular weight is 541 g/mol. The van der Waals surface area contributed by atoms with Gasteiger partial charge in [-0.1, -0.05) is 54.1 Å². The van der Waals surface area contributed by atoms with Gasteiger partial charge in [0.1, 0.15) is 5.82 Å². The van der Waals surface area contributed by atoms with E-state index in [2.05, 4.69) is 22.0 Å². The predicted molar refractivity (Wildman–Crippen MR) is 164 cm³/mol. The normalized spacial score (nSPS) is 12.3. The van der Waals surface area contributed by atoms with Crippen LogP contribution in [0.5, 0.6) is 0 Å². The maximum absolute atomic E-state index is 13.4. The summed E-state index contributed by atoms with van der Waals surface area (Å²) in [5, 5.41) is 3.08. The van der Waals surface area contributed by atoms with Crippen molar-refractivity contribution in [2.24, 2.45) is 0 Å². The number of carbonyl (C=O) groups is 2. The first-order chi connectivity index (χ1) is 19.9. The Kier molecular flexibility index (Phi) is 6.98. The summed E-state index contributed by atoms with van der Waals surface area (Å²) in [6, 6.07) is 31.6. The quantitative estimate of drug-likeness (QED) is 0.256. The van der Waals surface area contributed by atoms with Crippen LogP contribution < -0.4 is 10.2 Å². The fraction of sp³-hybridized carbons (Fsp3) is 0.171. The highest BCUT2D eigenvalue weighted by molar-refractivity contribution is 6.09. The van der Waals surface area contributed by atoms with Gasteiger partial charge in [0.05, 0.1) is 12.1 Å². The molecule has 0 radical (unpaired) electrons. The van der Waals surface area contributed by atoms with Crippen molar-refractivity contribution in [2.75, 3.05) is 16.8 Å². The fourth-order valence-corrected chi connectivity index (χ4v) is 5.62. The van der Waals surface area contributed by atoms with E-state index in [1.165, 1.54) is 0 Å². The van der Waals surface area contributed by atoms with Gasteiger partial charge in [-0.3, -0.25) is 9.59 Å². The lowest BCUT2D eigenvalue weighted by Gasteiger charge is -2.18. The minimum Gasteiger partial charge on any atom is -0.322 e. The molecule has 6 heteroatoms. The summed E-state index contributed by atoms with van der Waals surface area (Å²) in [6.07, 6.45) is 0.959. The van der Waals surface area contributed by atoms with E-state index in [0.717, 1.165) is 62.9 Å². The van der Waals surface area contributed by atoms with Crippen LogP contribution in [0.15, 0.2) is 97.1 Å². The zero-order chi connectivity index (χ0) is 28.5. The van der Waals surface area contributed by atoms with Gasteiger partial charge in [0.25, 0.3) is 5.91 Å². The van der Waals surface area contributed by atoms with Crippen molar-refractivity contribution in [3.63, 3.8) is 0 Å². The number of rotatable bonds is 6. The van der Waals surface area contributed by atoms with Crippen LogP contribution in [0.2, 0.25) is 0 Å². The molecule has 0 atom stereocenters. The van der Waals surface area contributed by atoms with E-state index < -0.39 is 0 Å². The molecule has 204 valence electrons. The summed E-state index contributed by atoms with van der Waals surface area (Å²) in [5.74, 6) is 0.678. The number of amides is 2. The SMILES string of the molecule is Cc1ccc(-c2ccccc2)c(C(=O)Nc2ccc3c(c2)CCN3C(=O)Cc2cccc(-n3c(C)ccc3C)n2)c1. The van der Waals surface area contributed by atoms with Crippen molar-refractivity contribution in [1.82, 2.24) is 9.55 Å². The molecule has 0 saturated heterocycles. The van der Waals surface area contributed by atoms with Crippen molar-refractivity contribution in [3.8, 4) is 16.9 Å². The Morgan fingerprint density at radius 3 is 2.39 bits per heavy atom. The van der Waals surface area contributed by atoms with Crippen LogP contribution in [-0.4, -0.2) is 27.9 Å². The molecular weight excluding hydrogens is 508 g/mol. The van der Waals surface area contributed by atoms with Crippen LogP contribution in [0, 0.1) is 20.8 Å². The van der Waals surface area contributed by atoms with Crippen LogP contribution in [0.25, 0.3) is 16.9 Å². The summed E-state index contributed by atoms with van der Waals surface area (Å²) >= 11 is 0. The van der Waals surface area contributed by atoms with Crippen LogP contribution >= 0.6 is 0 Å². The first-order valence-electron chi connectivity index (χ1n) is 13.9. The molecule has 1 aliphatic heterocycles. The number of benzene rings is 3. The molecule has 1 aliphatic rings.